The zero-order chi connectivity index (χ0) is 12.5. The van der Waals surface area contributed by atoms with Gasteiger partial charge in [-0.15, -0.1) is 0 Å². The summed E-state index contributed by atoms with van der Waals surface area (Å²) in [6.45, 7) is 4.94. The molecule has 4 heteroatoms. The molecule has 0 aliphatic heterocycles. The minimum absolute atomic E-state index is 0.108. The molecule has 0 aliphatic carbocycles. The van der Waals surface area contributed by atoms with E-state index in [9.17, 15) is 9.59 Å². The minimum atomic E-state index is -0.192. The van der Waals surface area contributed by atoms with E-state index in [0.717, 1.165) is 0 Å². The van der Waals surface area contributed by atoms with Crippen molar-refractivity contribution in [3.63, 3.8) is 0 Å². The number of carbonyl (C=O) groups is 2. The van der Waals surface area contributed by atoms with Gasteiger partial charge in [-0.25, -0.2) is 0 Å². The number of carbonyl (C=O) groups excluding carboxylic acids is 2. The largest absolute Gasteiger partial charge is 0.294 e. The highest BCUT2D eigenvalue weighted by Crippen LogP contribution is 2.27. The minimum Gasteiger partial charge on any atom is -0.294 e. The smallest absolute Gasteiger partial charge is 0.166 e. The molecule has 0 fully saturated rings. The topological polar surface area (TPSA) is 34.1 Å². The van der Waals surface area contributed by atoms with Gasteiger partial charge in [0.2, 0.25) is 0 Å². The molecular weight excluding hydrogens is 247 g/mol. The van der Waals surface area contributed by atoms with Crippen LogP contribution in [0.4, 0.5) is 0 Å². The summed E-state index contributed by atoms with van der Waals surface area (Å²) in [7, 11) is 0. The van der Waals surface area contributed by atoms with Crippen LogP contribution in [-0.4, -0.2) is 11.6 Å². The highest BCUT2D eigenvalue weighted by molar-refractivity contribution is 6.42. The Morgan fingerprint density at radius 3 is 1.88 bits per heavy atom. The van der Waals surface area contributed by atoms with E-state index in [4.69, 9.17) is 23.2 Å². The van der Waals surface area contributed by atoms with Crippen molar-refractivity contribution in [2.24, 2.45) is 5.92 Å². The molecule has 0 spiro atoms. The lowest BCUT2D eigenvalue weighted by Crippen LogP contribution is -2.12. The quantitative estimate of drug-likeness (QED) is 0.768. The average Bonchev–Trinajstić information content (AvgIpc) is 2.19. The summed E-state index contributed by atoms with van der Waals surface area (Å²) in [6, 6.07) is 2.91. The fraction of sp³-hybridized carbons (Fsp3) is 0.333. The fourth-order valence-corrected chi connectivity index (χ4v) is 1.68. The molecule has 0 bridgehead atoms. The van der Waals surface area contributed by atoms with Crippen LogP contribution in [0.5, 0.6) is 0 Å². The Morgan fingerprint density at radius 2 is 1.50 bits per heavy atom. The lowest BCUT2D eigenvalue weighted by Gasteiger charge is -2.10. The van der Waals surface area contributed by atoms with Crippen LogP contribution in [0.15, 0.2) is 12.1 Å². The summed E-state index contributed by atoms with van der Waals surface area (Å²) < 4.78 is 0. The van der Waals surface area contributed by atoms with Crippen molar-refractivity contribution in [2.75, 3.05) is 0 Å². The summed E-state index contributed by atoms with van der Waals surface area (Å²) in [5, 5.41) is 0.572. The Hall–Kier alpha value is -0.860. The Morgan fingerprint density at radius 1 is 1.06 bits per heavy atom. The van der Waals surface area contributed by atoms with Gasteiger partial charge >= 0.3 is 0 Å². The zero-order valence-corrected chi connectivity index (χ0v) is 10.8. The van der Waals surface area contributed by atoms with Gasteiger partial charge in [0.05, 0.1) is 10.0 Å². The molecule has 0 amide bonds. The third-order valence-electron chi connectivity index (χ3n) is 2.23. The maximum Gasteiger partial charge on any atom is 0.166 e. The molecule has 0 N–H and O–H groups in total. The van der Waals surface area contributed by atoms with Gasteiger partial charge in [0.25, 0.3) is 0 Å². The Balaban J connectivity index is 3.42. The van der Waals surface area contributed by atoms with Crippen LogP contribution < -0.4 is 0 Å². The van der Waals surface area contributed by atoms with Crippen molar-refractivity contribution >= 4 is 34.8 Å². The Labute approximate surface area is 105 Å². The van der Waals surface area contributed by atoms with Gasteiger partial charge in [0.15, 0.2) is 11.6 Å². The van der Waals surface area contributed by atoms with E-state index in [1.54, 1.807) is 13.8 Å². The zero-order valence-electron chi connectivity index (χ0n) is 9.30. The first-order chi connectivity index (χ1) is 7.34. The van der Waals surface area contributed by atoms with Crippen molar-refractivity contribution in [3.8, 4) is 0 Å². The number of rotatable bonds is 3. The monoisotopic (exact) mass is 258 g/mol. The lowest BCUT2D eigenvalue weighted by molar-refractivity contribution is 0.0927. The Kier molecular flexibility index (Phi) is 4.11. The summed E-state index contributed by atoms with van der Waals surface area (Å²) in [4.78, 5) is 23.3. The van der Waals surface area contributed by atoms with Gasteiger partial charge in [-0.05, 0) is 19.1 Å². The van der Waals surface area contributed by atoms with Crippen molar-refractivity contribution in [3.05, 3.63) is 33.3 Å². The normalized spacial score (nSPS) is 10.6. The van der Waals surface area contributed by atoms with E-state index < -0.39 is 0 Å². The van der Waals surface area contributed by atoms with Gasteiger partial charge < -0.3 is 0 Å². The summed E-state index contributed by atoms with van der Waals surface area (Å²) >= 11 is 11.7. The predicted octanol–water partition coefficient (Wildman–Crippen LogP) is 4.03. The molecule has 1 aromatic rings. The van der Waals surface area contributed by atoms with Gasteiger partial charge in [-0.2, -0.15) is 0 Å². The first-order valence-corrected chi connectivity index (χ1v) is 5.64. The van der Waals surface area contributed by atoms with Gasteiger partial charge in [-0.1, -0.05) is 37.0 Å². The van der Waals surface area contributed by atoms with E-state index in [-0.39, 0.29) is 27.5 Å². The molecule has 0 saturated heterocycles. The molecule has 0 aliphatic rings. The number of Topliss-reactive ketones (excluding diaryl/α,β-unsaturated/α-hetero) is 2. The Bertz CT molecular complexity index is 451. The molecule has 0 atom stereocenters. The highest BCUT2D eigenvalue weighted by Gasteiger charge is 2.19. The van der Waals surface area contributed by atoms with E-state index in [0.29, 0.717) is 11.1 Å². The fourth-order valence-electron chi connectivity index (χ4n) is 1.35. The molecule has 0 aromatic heterocycles. The van der Waals surface area contributed by atoms with Crippen LogP contribution in [0.25, 0.3) is 0 Å². The molecule has 1 rings (SSSR count). The molecule has 2 nitrogen and oxygen atoms in total. The summed E-state index contributed by atoms with van der Waals surface area (Å²) in [5.74, 6) is -0.485. The van der Waals surface area contributed by atoms with Crippen molar-refractivity contribution in [1.29, 1.82) is 0 Å². The first kappa shape index (κ1) is 13.2. The third-order valence-corrected chi connectivity index (χ3v) is 2.95. The van der Waals surface area contributed by atoms with Crippen LogP contribution >= 0.6 is 23.2 Å². The van der Waals surface area contributed by atoms with Crippen LogP contribution in [0.3, 0.4) is 0 Å². The van der Waals surface area contributed by atoms with E-state index in [2.05, 4.69) is 0 Å². The van der Waals surface area contributed by atoms with Gasteiger partial charge in [-0.3, -0.25) is 9.59 Å². The molecule has 0 heterocycles. The van der Waals surface area contributed by atoms with E-state index >= 15 is 0 Å². The number of benzene rings is 1. The second-order valence-electron chi connectivity index (χ2n) is 3.89. The second kappa shape index (κ2) is 4.98. The first-order valence-electron chi connectivity index (χ1n) is 4.88. The van der Waals surface area contributed by atoms with Crippen LogP contribution in [0.1, 0.15) is 41.5 Å². The van der Waals surface area contributed by atoms with Crippen molar-refractivity contribution < 1.29 is 9.59 Å². The number of ketones is 2. The maximum absolute atomic E-state index is 11.9. The summed E-state index contributed by atoms with van der Waals surface area (Å²) in [6.07, 6.45) is 0. The highest BCUT2D eigenvalue weighted by atomic mass is 35.5. The number of hydrogen-bond acceptors (Lipinski definition) is 2. The third kappa shape index (κ3) is 2.63. The number of halogens is 2. The van der Waals surface area contributed by atoms with Gasteiger partial charge in [0, 0.05) is 17.0 Å². The molecule has 16 heavy (non-hydrogen) atoms. The van der Waals surface area contributed by atoms with Crippen LogP contribution in [0.2, 0.25) is 10.0 Å². The molecular formula is C12H12Cl2O2. The predicted molar refractivity (Wildman–Crippen MR) is 65.6 cm³/mol. The van der Waals surface area contributed by atoms with Crippen molar-refractivity contribution in [1.82, 2.24) is 0 Å². The SMILES string of the molecule is CC(=O)c1cc(Cl)c(Cl)cc1C(=O)C(C)C. The second-order valence-corrected chi connectivity index (χ2v) is 4.70. The number of hydrogen-bond donors (Lipinski definition) is 0. The molecule has 0 saturated carbocycles. The molecule has 1 aromatic carbocycles. The molecule has 0 unspecified atom stereocenters. The maximum atomic E-state index is 11.9. The average molecular weight is 259 g/mol. The van der Waals surface area contributed by atoms with Crippen molar-refractivity contribution in [2.45, 2.75) is 20.8 Å². The summed E-state index contributed by atoms with van der Waals surface area (Å²) in [5.41, 5.74) is 0.671. The van der Waals surface area contributed by atoms with Crippen LogP contribution in [-0.2, 0) is 0 Å². The van der Waals surface area contributed by atoms with E-state index in [1.165, 1.54) is 19.1 Å². The molecule has 0 radical (unpaired) electrons. The van der Waals surface area contributed by atoms with Crippen LogP contribution in [0, 0.1) is 5.92 Å². The standard InChI is InChI=1S/C12H12Cl2O2/c1-6(2)12(16)9-5-11(14)10(13)4-8(9)7(3)15/h4-6H,1-3H3. The van der Waals surface area contributed by atoms with Gasteiger partial charge in [0.1, 0.15) is 0 Å². The molecule has 86 valence electrons. The lowest BCUT2D eigenvalue weighted by atomic mass is 9.95. The van der Waals surface area contributed by atoms with E-state index in [1.807, 2.05) is 0 Å².